The van der Waals surface area contributed by atoms with E-state index in [1.54, 1.807) is 0 Å². The number of hydrogen-bond acceptors (Lipinski definition) is 1. The Labute approximate surface area is 109 Å². The van der Waals surface area contributed by atoms with E-state index in [-0.39, 0.29) is 5.92 Å². The van der Waals surface area contributed by atoms with E-state index in [1.807, 2.05) is 0 Å². The highest BCUT2D eigenvalue weighted by molar-refractivity contribution is 5.71. The van der Waals surface area contributed by atoms with Gasteiger partial charge in [-0.3, -0.25) is 4.79 Å². The van der Waals surface area contributed by atoms with Gasteiger partial charge in [0.05, 0.1) is 5.92 Å². The zero-order chi connectivity index (χ0) is 13.1. The largest absolute Gasteiger partial charge is 0.481 e. The van der Waals surface area contributed by atoms with Crippen LogP contribution in [0.1, 0.15) is 42.4 Å². The van der Waals surface area contributed by atoms with Gasteiger partial charge in [0.15, 0.2) is 0 Å². The van der Waals surface area contributed by atoms with Crippen LogP contribution in [0.4, 0.5) is 0 Å². The molecule has 2 rings (SSSR count). The van der Waals surface area contributed by atoms with Crippen molar-refractivity contribution in [3.05, 3.63) is 34.9 Å². The summed E-state index contributed by atoms with van der Waals surface area (Å²) >= 11 is 0. The normalized spacial score (nSPS) is 17.9. The number of carboxylic acids is 1. The van der Waals surface area contributed by atoms with Crippen LogP contribution in [0.3, 0.4) is 0 Å². The number of carboxylic acid groups (broad SMARTS) is 1. The smallest absolute Gasteiger partial charge is 0.307 e. The maximum atomic E-state index is 11.4. The summed E-state index contributed by atoms with van der Waals surface area (Å²) < 4.78 is 0. The van der Waals surface area contributed by atoms with Crippen LogP contribution in [0.2, 0.25) is 0 Å². The van der Waals surface area contributed by atoms with Crippen LogP contribution in [0.25, 0.3) is 0 Å². The van der Waals surface area contributed by atoms with Crippen molar-refractivity contribution in [2.75, 3.05) is 0 Å². The highest BCUT2D eigenvalue weighted by atomic mass is 16.4. The van der Waals surface area contributed by atoms with Gasteiger partial charge in [0, 0.05) is 0 Å². The molecule has 18 heavy (non-hydrogen) atoms. The van der Waals surface area contributed by atoms with Gasteiger partial charge >= 0.3 is 5.97 Å². The first kappa shape index (κ1) is 13.1. The minimum atomic E-state index is -0.625. The third-order valence-electron chi connectivity index (χ3n) is 4.31. The molecule has 0 spiro atoms. The van der Waals surface area contributed by atoms with Crippen molar-refractivity contribution >= 4 is 5.97 Å². The highest BCUT2D eigenvalue weighted by Gasteiger charge is 2.30. The van der Waals surface area contributed by atoms with Crippen LogP contribution < -0.4 is 0 Å². The first-order valence-electron chi connectivity index (χ1n) is 6.87. The van der Waals surface area contributed by atoms with Crippen molar-refractivity contribution in [1.82, 2.24) is 0 Å². The predicted octanol–water partition coefficient (Wildman–Crippen LogP) is 3.74. The van der Waals surface area contributed by atoms with E-state index >= 15 is 0 Å². The number of aliphatic carboxylic acids is 1. The molecule has 1 N–H and O–H groups in total. The van der Waals surface area contributed by atoms with Crippen LogP contribution in [0, 0.1) is 25.7 Å². The van der Waals surface area contributed by atoms with E-state index in [0.717, 1.165) is 18.4 Å². The third kappa shape index (κ3) is 2.92. The van der Waals surface area contributed by atoms with E-state index in [2.05, 4.69) is 32.0 Å². The van der Waals surface area contributed by atoms with Crippen molar-refractivity contribution in [3.63, 3.8) is 0 Å². The van der Waals surface area contributed by atoms with Gasteiger partial charge in [-0.1, -0.05) is 31.0 Å². The van der Waals surface area contributed by atoms with Gasteiger partial charge in [0.2, 0.25) is 0 Å². The fourth-order valence-electron chi connectivity index (χ4n) is 3.00. The first-order chi connectivity index (χ1) is 8.58. The monoisotopic (exact) mass is 246 g/mol. The zero-order valence-electron chi connectivity index (χ0n) is 11.3. The molecule has 0 aliphatic heterocycles. The fraction of sp³-hybridized carbons (Fsp3) is 0.562. The molecule has 1 unspecified atom stereocenters. The topological polar surface area (TPSA) is 37.3 Å². The van der Waals surface area contributed by atoms with Crippen LogP contribution in [-0.4, -0.2) is 11.1 Å². The molecule has 0 radical (unpaired) electrons. The summed E-state index contributed by atoms with van der Waals surface area (Å²) in [7, 11) is 0. The van der Waals surface area contributed by atoms with Crippen molar-refractivity contribution < 1.29 is 9.90 Å². The molecule has 0 aromatic heterocycles. The Hall–Kier alpha value is -1.31. The highest BCUT2D eigenvalue weighted by Crippen LogP contribution is 2.33. The zero-order valence-corrected chi connectivity index (χ0v) is 11.3. The van der Waals surface area contributed by atoms with Crippen LogP contribution >= 0.6 is 0 Å². The molecule has 1 aromatic rings. The summed E-state index contributed by atoms with van der Waals surface area (Å²) in [4.78, 5) is 11.4. The average Bonchev–Trinajstić information content (AvgIpc) is 2.83. The minimum absolute atomic E-state index is 0.199. The van der Waals surface area contributed by atoms with Gasteiger partial charge in [0.25, 0.3) is 0 Å². The van der Waals surface area contributed by atoms with E-state index in [4.69, 9.17) is 0 Å². The molecule has 0 amide bonds. The number of rotatable bonds is 4. The SMILES string of the molecule is Cc1ccc(CC(C(=O)O)C2CCCC2)cc1C. The summed E-state index contributed by atoms with van der Waals surface area (Å²) in [6, 6.07) is 6.31. The molecular weight excluding hydrogens is 224 g/mol. The Bertz CT molecular complexity index is 431. The van der Waals surface area contributed by atoms with Crippen LogP contribution in [-0.2, 0) is 11.2 Å². The van der Waals surface area contributed by atoms with Gasteiger partial charge in [-0.05, 0) is 55.7 Å². The van der Waals surface area contributed by atoms with Gasteiger partial charge in [-0.15, -0.1) is 0 Å². The van der Waals surface area contributed by atoms with E-state index in [0.29, 0.717) is 12.3 Å². The van der Waals surface area contributed by atoms with Crippen molar-refractivity contribution in [3.8, 4) is 0 Å². The fourth-order valence-corrected chi connectivity index (χ4v) is 3.00. The molecule has 0 saturated heterocycles. The quantitative estimate of drug-likeness (QED) is 0.878. The lowest BCUT2D eigenvalue weighted by Crippen LogP contribution is -2.24. The summed E-state index contributed by atoms with van der Waals surface area (Å²) in [6.45, 7) is 4.18. The third-order valence-corrected chi connectivity index (χ3v) is 4.31. The van der Waals surface area contributed by atoms with Gasteiger partial charge in [-0.2, -0.15) is 0 Å². The van der Waals surface area contributed by atoms with Gasteiger partial charge < -0.3 is 5.11 Å². The predicted molar refractivity (Wildman–Crippen MR) is 72.7 cm³/mol. The number of hydrogen-bond donors (Lipinski definition) is 1. The Kier molecular flexibility index (Phi) is 4.05. The minimum Gasteiger partial charge on any atom is -0.481 e. The standard InChI is InChI=1S/C16H22O2/c1-11-7-8-13(9-12(11)2)10-15(16(17)18)14-5-3-4-6-14/h7-9,14-15H,3-6,10H2,1-2H3,(H,17,18). The maximum absolute atomic E-state index is 11.4. The molecule has 1 fully saturated rings. The lowest BCUT2D eigenvalue weighted by molar-refractivity contribution is -0.143. The molecule has 2 nitrogen and oxygen atoms in total. The molecule has 1 aromatic carbocycles. The second-order valence-electron chi connectivity index (χ2n) is 5.61. The van der Waals surface area contributed by atoms with Crippen LogP contribution in [0.5, 0.6) is 0 Å². The molecule has 2 heteroatoms. The number of carbonyl (C=O) groups is 1. The number of benzene rings is 1. The maximum Gasteiger partial charge on any atom is 0.307 e. The number of aryl methyl sites for hydroxylation is 2. The van der Waals surface area contributed by atoms with E-state index < -0.39 is 5.97 Å². The molecule has 0 bridgehead atoms. The van der Waals surface area contributed by atoms with Crippen molar-refractivity contribution in [2.45, 2.75) is 46.0 Å². The molecular formula is C16H22O2. The Morgan fingerprint density at radius 1 is 1.28 bits per heavy atom. The molecule has 1 saturated carbocycles. The molecule has 1 aliphatic rings. The van der Waals surface area contributed by atoms with Gasteiger partial charge in [-0.25, -0.2) is 0 Å². The summed E-state index contributed by atoms with van der Waals surface area (Å²) in [5.41, 5.74) is 3.69. The molecule has 98 valence electrons. The van der Waals surface area contributed by atoms with Gasteiger partial charge in [0.1, 0.15) is 0 Å². The molecule has 0 heterocycles. The van der Waals surface area contributed by atoms with Crippen LogP contribution in [0.15, 0.2) is 18.2 Å². The lowest BCUT2D eigenvalue weighted by Gasteiger charge is -2.19. The van der Waals surface area contributed by atoms with E-state index in [1.165, 1.54) is 24.0 Å². The first-order valence-corrected chi connectivity index (χ1v) is 6.87. The summed E-state index contributed by atoms with van der Waals surface area (Å²) in [6.07, 6.45) is 5.24. The van der Waals surface area contributed by atoms with Crippen molar-refractivity contribution in [1.29, 1.82) is 0 Å². The average molecular weight is 246 g/mol. The second kappa shape index (κ2) is 5.55. The Morgan fingerprint density at radius 2 is 1.94 bits per heavy atom. The summed E-state index contributed by atoms with van der Waals surface area (Å²) in [5, 5.41) is 9.42. The molecule has 1 atom stereocenters. The second-order valence-corrected chi connectivity index (χ2v) is 5.61. The Morgan fingerprint density at radius 3 is 2.50 bits per heavy atom. The molecule has 1 aliphatic carbocycles. The Balaban J connectivity index is 2.12. The summed E-state index contributed by atoms with van der Waals surface area (Å²) in [5.74, 6) is -0.446. The lowest BCUT2D eigenvalue weighted by atomic mass is 9.85. The van der Waals surface area contributed by atoms with E-state index in [9.17, 15) is 9.90 Å². The van der Waals surface area contributed by atoms with Crippen molar-refractivity contribution in [2.24, 2.45) is 11.8 Å².